The molecule has 1 unspecified atom stereocenters. The van der Waals surface area contributed by atoms with Crippen LogP contribution < -0.4 is 5.32 Å². The Hall–Kier alpha value is -0.130. The van der Waals surface area contributed by atoms with Gasteiger partial charge in [0.15, 0.2) is 0 Å². The molecule has 0 aromatic carbocycles. The van der Waals surface area contributed by atoms with Gasteiger partial charge in [0.2, 0.25) is 10.0 Å². The Bertz CT molecular complexity index is 397. The van der Waals surface area contributed by atoms with Crippen molar-refractivity contribution in [3.63, 3.8) is 0 Å². The molecule has 3 aliphatic carbocycles. The second-order valence-electron chi connectivity index (χ2n) is 6.28. The maximum atomic E-state index is 12.6. The molecule has 0 aliphatic heterocycles. The Morgan fingerprint density at radius 1 is 1.17 bits per heavy atom. The zero-order chi connectivity index (χ0) is 12.8. The van der Waals surface area contributed by atoms with Crippen molar-refractivity contribution in [2.75, 3.05) is 13.1 Å². The SMILES string of the molecule is CC(CNC1CC1)S(=O)(=O)N(CC1CC1)C1CC1. The molecule has 0 amide bonds. The Kier molecular flexibility index (Phi) is 3.41. The van der Waals surface area contributed by atoms with Gasteiger partial charge in [0.1, 0.15) is 0 Å². The van der Waals surface area contributed by atoms with E-state index in [2.05, 4.69) is 5.32 Å². The van der Waals surface area contributed by atoms with Crippen molar-refractivity contribution in [1.82, 2.24) is 9.62 Å². The first-order valence-electron chi connectivity index (χ1n) is 7.31. The molecule has 5 heteroatoms. The van der Waals surface area contributed by atoms with Crippen LogP contribution in [0.25, 0.3) is 0 Å². The summed E-state index contributed by atoms with van der Waals surface area (Å²) >= 11 is 0. The zero-order valence-corrected chi connectivity index (χ0v) is 12.0. The molecule has 0 saturated heterocycles. The molecule has 3 saturated carbocycles. The van der Waals surface area contributed by atoms with Crippen LogP contribution in [0, 0.1) is 5.92 Å². The second-order valence-corrected chi connectivity index (χ2v) is 8.59. The number of sulfonamides is 1. The van der Waals surface area contributed by atoms with E-state index in [0.717, 1.165) is 19.4 Å². The molecule has 3 aliphatic rings. The number of nitrogens with one attached hydrogen (secondary N) is 1. The first-order valence-corrected chi connectivity index (χ1v) is 8.81. The average Bonchev–Trinajstić information content (AvgIpc) is 3.13. The van der Waals surface area contributed by atoms with Gasteiger partial charge in [0.25, 0.3) is 0 Å². The van der Waals surface area contributed by atoms with Crippen molar-refractivity contribution >= 4 is 10.0 Å². The summed E-state index contributed by atoms with van der Waals surface area (Å²) in [6, 6.07) is 0.902. The first kappa shape index (κ1) is 12.9. The van der Waals surface area contributed by atoms with Gasteiger partial charge < -0.3 is 5.32 Å². The zero-order valence-electron chi connectivity index (χ0n) is 11.1. The molecule has 0 spiro atoms. The van der Waals surface area contributed by atoms with Crippen molar-refractivity contribution in [1.29, 1.82) is 0 Å². The summed E-state index contributed by atoms with van der Waals surface area (Å²) in [6.07, 6.45) is 6.98. The molecule has 0 aromatic heterocycles. The van der Waals surface area contributed by atoms with Gasteiger partial charge in [0, 0.05) is 25.2 Å². The van der Waals surface area contributed by atoms with E-state index in [1.807, 2.05) is 11.2 Å². The number of hydrogen-bond donors (Lipinski definition) is 1. The fraction of sp³-hybridized carbons (Fsp3) is 1.00. The fourth-order valence-electron chi connectivity index (χ4n) is 2.33. The van der Waals surface area contributed by atoms with E-state index in [-0.39, 0.29) is 5.25 Å². The Labute approximate surface area is 110 Å². The van der Waals surface area contributed by atoms with Crippen LogP contribution in [0.15, 0.2) is 0 Å². The summed E-state index contributed by atoms with van der Waals surface area (Å²) in [5.74, 6) is 0.643. The van der Waals surface area contributed by atoms with Crippen LogP contribution in [-0.2, 0) is 10.0 Å². The molecular weight excluding hydrogens is 248 g/mol. The third kappa shape index (κ3) is 3.06. The van der Waals surface area contributed by atoms with Gasteiger partial charge >= 0.3 is 0 Å². The molecule has 0 radical (unpaired) electrons. The first-order chi connectivity index (χ1) is 8.57. The van der Waals surface area contributed by atoms with E-state index < -0.39 is 10.0 Å². The summed E-state index contributed by atoms with van der Waals surface area (Å²) in [7, 11) is -3.09. The van der Waals surface area contributed by atoms with Crippen LogP contribution in [0.3, 0.4) is 0 Å². The third-order valence-electron chi connectivity index (χ3n) is 4.20. The largest absolute Gasteiger partial charge is 0.313 e. The second kappa shape index (κ2) is 4.76. The highest BCUT2D eigenvalue weighted by atomic mass is 32.2. The third-order valence-corrected chi connectivity index (χ3v) is 6.48. The summed E-state index contributed by atoms with van der Waals surface area (Å²) in [6.45, 7) is 3.24. The minimum Gasteiger partial charge on any atom is -0.313 e. The van der Waals surface area contributed by atoms with Gasteiger partial charge in [-0.2, -0.15) is 4.31 Å². The molecule has 0 heterocycles. The highest BCUT2D eigenvalue weighted by Crippen LogP contribution is 2.37. The molecule has 0 bridgehead atoms. The quantitative estimate of drug-likeness (QED) is 0.725. The van der Waals surface area contributed by atoms with Gasteiger partial charge in [-0.3, -0.25) is 0 Å². The van der Waals surface area contributed by atoms with Crippen LogP contribution in [0.1, 0.15) is 45.4 Å². The molecule has 104 valence electrons. The van der Waals surface area contributed by atoms with Crippen molar-refractivity contribution in [3.8, 4) is 0 Å². The summed E-state index contributed by atoms with van der Waals surface area (Å²) in [4.78, 5) is 0. The number of nitrogens with zero attached hydrogens (tertiary/aromatic N) is 1. The maximum Gasteiger partial charge on any atom is 0.218 e. The molecular formula is C13H24N2O2S. The molecule has 4 nitrogen and oxygen atoms in total. The average molecular weight is 272 g/mol. The van der Waals surface area contributed by atoms with Crippen LogP contribution in [0.2, 0.25) is 0 Å². The highest BCUT2D eigenvalue weighted by Gasteiger charge is 2.42. The smallest absolute Gasteiger partial charge is 0.218 e. The predicted octanol–water partition coefficient (Wildman–Crippen LogP) is 1.33. The standard InChI is InChI=1S/C13H24N2O2S/c1-10(8-14-12-4-5-12)18(16,17)15(13-6-7-13)9-11-2-3-11/h10-14H,2-9H2,1H3. The van der Waals surface area contributed by atoms with Gasteiger partial charge in [-0.25, -0.2) is 8.42 Å². The normalized spacial score (nSPS) is 26.6. The van der Waals surface area contributed by atoms with Crippen molar-refractivity contribution in [3.05, 3.63) is 0 Å². The lowest BCUT2D eigenvalue weighted by molar-refractivity contribution is 0.381. The van der Waals surface area contributed by atoms with Gasteiger partial charge in [0.05, 0.1) is 5.25 Å². The van der Waals surface area contributed by atoms with E-state index >= 15 is 0 Å². The van der Waals surface area contributed by atoms with E-state index in [9.17, 15) is 8.42 Å². The van der Waals surface area contributed by atoms with Crippen LogP contribution >= 0.6 is 0 Å². The number of rotatable bonds is 8. The molecule has 0 aromatic rings. The minimum absolute atomic E-state index is 0.280. The Balaban J connectivity index is 1.60. The topological polar surface area (TPSA) is 49.4 Å². The molecule has 1 atom stereocenters. The number of hydrogen-bond acceptors (Lipinski definition) is 3. The predicted molar refractivity (Wildman–Crippen MR) is 71.9 cm³/mol. The summed E-state index contributed by atoms with van der Waals surface area (Å²) in [5, 5.41) is 3.06. The van der Waals surface area contributed by atoms with Crippen LogP contribution in [-0.4, -0.2) is 43.1 Å². The van der Waals surface area contributed by atoms with E-state index in [1.54, 1.807) is 0 Å². The monoisotopic (exact) mass is 272 g/mol. The van der Waals surface area contributed by atoms with Crippen LogP contribution in [0.5, 0.6) is 0 Å². The maximum absolute atomic E-state index is 12.6. The molecule has 3 fully saturated rings. The van der Waals surface area contributed by atoms with Gasteiger partial charge in [-0.05, 0) is 51.4 Å². The lowest BCUT2D eigenvalue weighted by Crippen LogP contribution is -2.44. The fourth-order valence-corrected chi connectivity index (χ4v) is 4.15. The van der Waals surface area contributed by atoms with E-state index in [4.69, 9.17) is 0 Å². The summed E-state index contributed by atoms with van der Waals surface area (Å²) in [5.41, 5.74) is 0. The van der Waals surface area contributed by atoms with E-state index in [0.29, 0.717) is 24.5 Å². The lowest BCUT2D eigenvalue weighted by atomic mass is 10.4. The highest BCUT2D eigenvalue weighted by molar-refractivity contribution is 7.89. The lowest BCUT2D eigenvalue weighted by Gasteiger charge is -2.26. The Morgan fingerprint density at radius 3 is 2.33 bits per heavy atom. The molecule has 1 N–H and O–H groups in total. The van der Waals surface area contributed by atoms with Crippen molar-refractivity contribution < 1.29 is 8.42 Å². The van der Waals surface area contributed by atoms with Crippen molar-refractivity contribution in [2.24, 2.45) is 5.92 Å². The van der Waals surface area contributed by atoms with Crippen LogP contribution in [0.4, 0.5) is 0 Å². The minimum atomic E-state index is -3.09. The van der Waals surface area contributed by atoms with Crippen molar-refractivity contribution in [2.45, 2.75) is 62.8 Å². The van der Waals surface area contributed by atoms with E-state index in [1.165, 1.54) is 25.7 Å². The molecule has 18 heavy (non-hydrogen) atoms. The summed E-state index contributed by atoms with van der Waals surface area (Å²) < 4.78 is 27.0. The van der Waals surface area contributed by atoms with Gasteiger partial charge in [-0.15, -0.1) is 0 Å². The van der Waals surface area contributed by atoms with Gasteiger partial charge in [-0.1, -0.05) is 0 Å². The Morgan fingerprint density at radius 2 is 1.83 bits per heavy atom. The molecule has 3 rings (SSSR count).